The Labute approximate surface area is 117 Å². The van der Waals surface area contributed by atoms with E-state index in [1.54, 1.807) is 6.92 Å². The fraction of sp³-hybridized carbons (Fsp3) is 0.111. The minimum absolute atomic E-state index is 0.122. The van der Waals surface area contributed by atoms with Gasteiger partial charge >= 0.3 is 6.01 Å². The molecule has 0 unspecified atom stereocenters. The summed E-state index contributed by atoms with van der Waals surface area (Å²) in [4.78, 5) is 7.42. The third-order valence-corrected chi connectivity index (χ3v) is 4.08. The van der Waals surface area contributed by atoms with E-state index in [1.165, 1.54) is 18.5 Å². The first-order chi connectivity index (χ1) is 8.38. The van der Waals surface area contributed by atoms with E-state index in [4.69, 9.17) is 16.0 Å². The first-order valence-corrected chi connectivity index (χ1v) is 7.30. The van der Waals surface area contributed by atoms with Gasteiger partial charge in [0.25, 0.3) is 10.0 Å². The standard InChI is InChI=1S/C9H7BrClN3O3S/c1-5-4-17-9(13-5)14-18(15,16)7-2-6(10)3-12-8(7)11/h2-4H,1H3,(H,13,14). The van der Waals surface area contributed by atoms with Crippen molar-refractivity contribution in [1.29, 1.82) is 0 Å². The molecule has 0 bridgehead atoms. The highest BCUT2D eigenvalue weighted by Gasteiger charge is 2.21. The van der Waals surface area contributed by atoms with E-state index in [2.05, 4.69) is 30.6 Å². The molecule has 96 valence electrons. The number of pyridine rings is 1. The summed E-state index contributed by atoms with van der Waals surface area (Å²) in [5.74, 6) is 0. The van der Waals surface area contributed by atoms with Gasteiger partial charge in [0, 0.05) is 10.7 Å². The number of halogens is 2. The molecule has 2 heterocycles. The summed E-state index contributed by atoms with van der Waals surface area (Å²) in [6.07, 6.45) is 2.73. The molecule has 0 fully saturated rings. The molecule has 1 N–H and O–H groups in total. The monoisotopic (exact) mass is 351 g/mol. The number of nitrogens with zero attached hydrogens (tertiary/aromatic N) is 2. The Morgan fingerprint density at radius 2 is 2.22 bits per heavy atom. The van der Waals surface area contributed by atoms with Gasteiger partial charge in [-0.15, -0.1) is 0 Å². The lowest BCUT2D eigenvalue weighted by molar-refractivity contribution is 0.569. The molecule has 0 saturated heterocycles. The maximum absolute atomic E-state index is 12.0. The summed E-state index contributed by atoms with van der Waals surface area (Å²) >= 11 is 8.88. The number of aryl methyl sites for hydroxylation is 1. The number of hydrogen-bond acceptors (Lipinski definition) is 5. The molecular formula is C9H7BrClN3O3S. The average Bonchev–Trinajstić information content (AvgIpc) is 2.66. The van der Waals surface area contributed by atoms with E-state index in [9.17, 15) is 8.42 Å². The number of rotatable bonds is 3. The molecule has 6 nitrogen and oxygen atoms in total. The predicted octanol–water partition coefficient (Wildman–Crippen LogP) is 2.59. The summed E-state index contributed by atoms with van der Waals surface area (Å²) in [5, 5.41) is -0.131. The molecule has 18 heavy (non-hydrogen) atoms. The molecule has 0 amide bonds. The molecule has 0 saturated carbocycles. The minimum Gasteiger partial charge on any atom is -0.431 e. The van der Waals surface area contributed by atoms with Crippen molar-refractivity contribution in [2.75, 3.05) is 4.72 Å². The van der Waals surface area contributed by atoms with Crippen LogP contribution >= 0.6 is 27.5 Å². The molecule has 0 aliphatic rings. The predicted molar refractivity (Wildman–Crippen MR) is 69.0 cm³/mol. The molecule has 2 aromatic heterocycles. The first kappa shape index (κ1) is 13.3. The van der Waals surface area contributed by atoms with Crippen LogP contribution in [0.5, 0.6) is 0 Å². The second-order valence-electron chi connectivity index (χ2n) is 3.34. The molecule has 0 aromatic carbocycles. The number of nitrogens with one attached hydrogen (secondary N) is 1. The Hall–Kier alpha value is -1.12. The van der Waals surface area contributed by atoms with Gasteiger partial charge in [-0.2, -0.15) is 4.98 Å². The number of aromatic nitrogens is 2. The van der Waals surface area contributed by atoms with Gasteiger partial charge < -0.3 is 4.42 Å². The Balaban J connectivity index is 2.39. The highest BCUT2D eigenvalue weighted by atomic mass is 79.9. The van der Waals surface area contributed by atoms with Gasteiger partial charge in [-0.3, -0.25) is 0 Å². The maximum Gasteiger partial charge on any atom is 0.309 e. The largest absolute Gasteiger partial charge is 0.431 e. The molecule has 0 spiro atoms. The van der Waals surface area contributed by atoms with Crippen molar-refractivity contribution >= 4 is 43.6 Å². The van der Waals surface area contributed by atoms with Crippen LogP contribution in [0.25, 0.3) is 0 Å². The van der Waals surface area contributed by atoms with Gasteiger partial charge in [-0.05, 0) is 28.9 Å². The van der Waals surface area contributed by atoms with E-state index < -0.39 is 10.0 Å². The molecule has 0 atom stereocenters. The molecular weight excluding hydrogens is 346 g/mol. The summed E-state index contributed by atoms with van der Waals surface area (Å²) in [6, 6.07) is 1.22. The summed E-state index contributed by atoms with van der Waals surface area (Å²) in [5.41, 5.74) is 0.561. The van der Waals surface area contributed by atoms with E-state index >= 15 is 0 Å². The fourth-order valence-electron chi connectivity index (χ4n) is 1.16. The van der Waals surface area contributed by atoms with Crippen LogP contribution in [0.2, 0.25) is 5.15 Å². The zero-order valence-corrected chi connectivity index (χ0v) is 12.2. The Morgan fingerprint density at radius 1 is 1.50 bits per heavy atom. The van der Waals surface area contributed by atoms with E-state index in [-0.39, 0.29) is 16.1 Å². The third-order valence-electron chi connectivity index (χ3n) is 1.90. The first-order valence-electron chi connectivity index (χ1n) is 4.64. The van der Waals surface area contributed by atoms with Crippen molar-refractivity contribution in [3.63, 3.8) is 0 Å². The second kappa shape index (κ2) is 4.87. The highest BCUT2D eigenvalue weighted by molar-refractivity contribution is 9.10. The quantitative estimate of drug-likeness (QED) is 0.858. The van der Waals surface area contributed by atoms with Crippen molar-refractivity contribution in [2.24, 2.45) is 0 Å². The SMILES string of the molecule is Cc1coc(NS(=O)(=O)c2cc(Br)cnc2Cl)n1. The number of anilines is 1. The van der Waals surface area contributed by atoms with E-state index in [0.29, 0.717) is 10.2 Å². The molecule has 2 rings (SSSR count). The van der Waals surface area contributed by atoms with Crippen molar-refractivity contribution < 1.29 is 12.8 Å². The lowest BCUT2D eigenvalue weighted by Gasteiger charge is -2.05. The van der Waals surface area contributed by atoms with Gasteiger partial charge in [-0.1, -0.05) is 11.6 Å². The third kappa shape index (κ3) is 2.82. The zero-order valence-electron chi connectivity index (χ0n) is 9.02. The van der Waals surface area contributed by atoms with Crippen molar-refractivity contribution in [3.8, 4) is 0 Å². The molecule has 0 aliphatic heterocycles. The smallest absolute Gasteiger partial charge is 0.309 e. The average molecular weight is 353 g/mol. The number of sulfonamides is 1. The van der Waals surface area contributed by atoms with Gasteiger partial charge in [0.2, 0.25) is 0 Å². The second-order valence-corrected chi connectivity index (χ2v) is 6.27. The Morgan fingerprint density at radius 3 is 2.83 bits per heavy atom. The molecule has 9 heteroatoms. The topological polar surface area (TPSA) is 85.1 Å². The van der Waals surface area contributed by atoms with Crippen LogP contribution in [-0.2, 0) is 10.0 Å². The number of hydrogen-bond donors (Lipinski definition) is 1. The van der Waals surface area contributed by atoms with Crippen molar-refractivity contribution in [2.45, 2.75) is 11.8 Å². The highest BCUT2D eigenvalue weighted by Crippen LogP contribution is 2.24. The van der Waals surface area contributed by atoms with Gasteiger partial charge in [0.05, 0.1) is 5.69 Å². The van der Waals surface area contributed by atoms with Crippen molar-refractivity contribution in [1.82, 2.24) is 9.97 Å². The molecule has 0 aliphatic carbocycles. The molecule has 0 radical (unpaired) electrons. The minimum atomic E-state index is -3.88. The summed E-state index contributed by atoms with van der Waals surface area (Å²) < 4.78 is 31.6. The van der Waals surface area contributed by atoms with E-state index in [1.807, 2.05) is 0 Å². The summed E-state index contributed by atoms with van der Waals surface area (Å²) in [6.45, 7) is 1.68. The maximum atomic E-state index is 12.0. The number of oxazole rings is 1. The van der Waals surface area contributed by atoms with E-state index in [0.717, 1.165) is 0 Å². The molecule has 2 aromatic rings. The van der Waals surface area contributed by atoms with Crippen LogP contribution in [0.15, 0.2) is 32.3 Å². The van der Waals surface area contributed by atoms with Crippen LogP contribution in [0.4, 0.5) is 6.01 Å². The Bertz CT molecular complexity index is 686. The van der Waals surface area contributed by atoms with Crippen LogP contribution in [-0.4, -0.2) is 18.4 Å². The van der Waals surface area contributed by atoms with Crippen LogP contribution in [0, 0.1) is 6.92 Å². The fourth-order valence-corrected chi connectivity index (χ4v) is 3.04. The lowest BCUT2D eigenvalue weighted by atomic mass is 10.5. The van der Waals surface area contributed by atoms with Crippen LogP contribution in [0.3, 0.4) is 0 Å². The normalized spacial score (nSPS) is 11.5. The van der Waals surface area contributed by atoms with Crippen LogP contribution < -0.4 is 4.72 Å². The zero-order chi connectivity index (χ0) is 13.3. The van der Waals surface area contributed by atoms with Crippen LogP contribution in [0.1, 0.15) is 5.69 Å². The van der Waals surface area contributed by atoms with Gasteiger partial charge in [0.15, 0.2) is 0 Å². The van der Waals surface area contributed by atoms with Crippen molar-refractivity contribution in [3.05, 3.63) is 33.8 Å². The van der Waals surface area contributed by atoms with Gasteiger partial charge in [0.1, 0.15) is 16.3 Å². The Kier molecular flexibility index (Phi) is 3.60. The van der Waals surface area contributed by atoms with Gasteiger partial charge in [-0.25, -0.2) is 18.1 Å². The lowest BCUT2D eigenvalue weighted by Crippen LogP contribution is -2.14. The summed E-state index contributed by atoms with van der Waals surface area (Å²) in [7, 11) is -3.88.